The number of nitrogens with two attached hydrogens (primary N) is 1. The summed E-state index contributed by atoms with van der Waals surface area (Å²) < 4.78 is 0. The van der Waals surface area contributed by atoms with Gasteiger partial charge in [-0.15, -0.1) is 12.4 Å². The molecule has 0 aliphatic carbocycles. The minimum Gasteiger partial charge on any atom is -0.342 e. The van der Waals surface area contributed by atoms with E-state index in [2.05, 4.69) is 6.92 Å². The van der Waals surface area contributed by atoms with Gasteiger partial charge in [-0.25, -0.2) is 0 Å². The smallest absolute Gasteiger partial charge is 0.229 e. The van der Waals surface area contributed by atoms with Gasteiger partial charge in [0.05, 0.1) is 5.41 Å². The Hall–Kier alpha value is -0.280. The van der Waals surface area contributed by atoms with Gasteiger partial charge in [0.2, 0.25) is 5.91 Å². The van der Waals surface area contributed by atoms with Crippen molar-refractivity contribution in [2.24, 2.45) is 17.1 Å². The van der Waals surface area contributed by atoms with Crippen LogP contribution in [-0.4, -0.2) is 30.4 Å². The molecule has 0 aromatic rings. The highest BCUT2D eigenvalue weighted by atomic mass is 35.5. The van der Waals surface area contributed by atoms with Crippen LogP contribution in [0.4, 0.5) is 0 Å². The van der Waals surface area contributed by atoms with Crippen molar-refractivity contribution in [3.8, 4) is 0 Å². The zero-order chi connectivity index (χ0) is 11.5. The maximum Gasteiger partial charge on any atom is 0.229 e. The highest BCUT2D eigenvalue weighted by Crippen LogP contribution is 2.22. The van der Waals surface area contributed by atoms with Crippen LogP contribution < -0.4 is 5.73 Å². The third-order valence-corrected chi connectivity index (χ3v) is 3.39. The maximum atomic E-state index is 12.2. The number of hydrogen-bond acceptors (Lipinski definition) is 2. The predicted molar refractivity (Wildman–Crippen MR) is 69.7 cm³/mol. The zero-order valence-corrected chi connectivity index (χ0v) is 11.5. The van der Waals surface area contributed by atoms with Crippen molar-refractivity contribution in [2.75, 3.05) is 19.6 Å². The van der Waals surface area contributed by atoms with Crippen LogP contribution in [0.1, 0.15) is 40.0 Å². The number of carbonyl (C=O) groups is 1. The number of carbonyl (C=O) groups excluding carboxylic acids is 1. The van der Waals surface area contributed by atoms with Crippen LogP contribution in [0, 0.1) is 11.3 Å². The minimum absolute atomic E-state index is 0. The molecule has 3 nitrogen and oxygen atoms in total. The summed E-state index contributed by atoms with van der Waals surface area (Å²) in [6, 6.07) is 0. The summed E-state index contributed by atoms with van der Waals surface area (Å²) >= 11 is 0. The van der Waals surface area contributed by atoms with E-state index in [4.69, 9.17) is 5.73 Å². The van der Waals surface area contributed by atoms with Crippen molar-refractivity contribution in [2.45, 2.75) is 40.0 Å². The van der Waals surface area contributed by atoms with Crippen LogP contribution in [0.3, 0.4) is 0 Å². The molecule has 1 heterocycles. The van der Waals surface area contributed by atoms with Crippen molar-refractivity contribution in [1.29, 1.82) is 0 Å². The van der Waals surface area contributed by atoms with Gasteiger partial charge in [-0.3, -0.25) is 4.79 Å². The average molecular weight is 249 g/mol. The Balaban J connectivity index is 0.00000225. The standard InChI is InChI=1S/C12H24N2O.ClH/c1-10-5-4-7-14(8-6-10)11(15)12(2,3)9-13;/h10H,4-9,13H2,1-3H3;1H. The van der Waals surface area contributed by atoms with E-state index in [1.165, 1.54) is 6.42 Å². The SMILES string of the molecule is CC1CCCN(C(=O)C(C)(C)CN)CC1.Cl. The molecule has 1 aliphatic heterocycles. The lowest BCUT2D eigenvalue weighted by atomic mass is 9.92. The van der Waals surface area contributed by atoms with E-state index >= 15 is 0 Å². The average Bonchev–Trinajstić information content (AvgIpc) is 2.42. The molecule has 16 heavy (non-hydrogen) atoms. The van der Waals surface area contributed by atoms with Gasteiger partial charge in [-0.05, 0) is 39.0 Å². The van der Waals surface area contributed by atoms with E-state index < -0.39 is 5.41 Å². The number of hydrogen-bond donors (Lipinski definition) is 1. The Morgan fingerprint density at radius 2 is 2.00 bits per heavy atom. The van der Waals surface area contributed by atoms with Crippen LogP contribution in [0.5, 0.6) is 0 Å². The van der Waals surface area contributed by atoms with Gasteiger partial charge in [0.15, 0.2) is 0 Å². The lowest BCUT2D eigenvalue weighted by Gasteiger charge is -2.30. The van der Waals surface area contributed by atoms with Gasteiger partial charge in [0, 0.05) is 19.6 Å². The molecule has 1 aliphatic rings. The largest absolute Gasteiger partial charge is 0.342 e. The second kappa shape index (κ2) is 6.45. The lowest BCUT2D eigenvalue weighted by Crippen LogP contribution is -2.45. The summed E-state index contributed by atoms with van der Waals surface area (Å²) in [5.74, 6) is 0.975. The molecule has 0 aromatic heterocycles. The molecular formula is C12H25ClN2O. The van der Waals surface area contributed by atoms with E-state index in [-0.39, 0.29) is 18.3 Å². The highest BCUT2D eigenvalue weighted by molar-refractivity contribution is 5.85. The van der Waals surface area contributed by atoms with E-state index in [0.29, 0.717) is 6.54 Å². The molecule has 4 heteroatoms. The van der Waals surface area contributed by atoms with Crippen molar-refractivity contribution in [1.82, 2.24) is 4.90 Å². The van der Waals surface area contributed by atoms with Gasteiger partial charge in [-0.1, -0.05) is 6.92 Å². The summed E-state index contributed by atoms with van der Waals surface area (Å²) in [6.45, 7) is 8.38. The van der Waals surface area contributed by atoms with Gasteiger partial charge < -0.3 is 10.6 Å². The molecule has 1 fully saturated rings. The van der Waals surface area contributed by atoms with E-state index in [9.17, 15) is 4.79 Å². The van der Waals surface area contributed by atoms with Gasteiger partial charge in [-0.2, -0.15) is 0 Å². The van der Waals surface area contributed by atoms with E-state index in [1.54, 1.807) is 0 Å². The highest BCUT2D eigenvalue weighted by Gasteiger charge is 2.31. The molecule has 1 unspecified atom stereocenters. The zero-order valence-electron chi connectivity index (χ0n) is 10.7. The predicted octanol–water partition coefficient (Wildman–Crippen LogP) is 2.04. The molecule has 1 saturated heterocycles. The first-order valence-electron chi connectivity index (χ1n) is 5.97. The number of nitrogens with zero attached hydrogens (tertiary/aromatic N) is 1. The molecule has 1 atom stereocenters. The van der Waals surface area contributed by atoms with Gasteiger partial charge in [0.1, 0.15) is 0 Å². The Bertz CT molecular complexity index is 231. The first kappa shape index (κ1) is 15.7. The number of likely N-dealkylation sites (tertiary alicyclic amines) is 1. The van der Waals surface area contributed by atoms with Crippen LogP contribution in [0.2, 0.25) is 0 Å². The Morgan fingerprint density at radius 3 is 2.56 bits per heavy atom. The molecule has 0 aromatic carbocycles. The second-order valence-corrected chi connectivity index (χ2v) is 5.42. The fourth-order valence-corrected chi connectivity index (χ4v) is 1.98. The van der Waals surface area contributed by atoms with Crippen LogP contribution in [0.25, 0.3) is 0 Å². The Morgan fingerprint density at radius 1 is 1.38 bits per heavy atom. The van der Waals surface area contributed by atoms with Gasteiger partial charge >= 0.3 is 0 Å². The quantitative estimate of drug-likeness (QED) is 0.813. The Kier molecular flexibility index (Phi) is 6.34. The summed E-state index contributed by atoms with van der Waals surface area (Å²) in [5, 5.41) is 0. The summed E-state index contributed by atoms with van der Waals surface area (Å²) in [6.07, 6.45) is 3.51. The van der Waals surface area contributed by atoms with Crippen LogP contribution in [-0.2, 0) is 4.79 Å². The second-order valence-electron chi connectivity index (χ2n) is 5.42. The fourth-order valence-electron chi connectivity index (χ4n) is 1.98. The van der Waals surface area contributed by atoms with Crippen LogP contribution in [0.15, 0.2) is 0 Å². The maximum absolute atomic E-state index is 12.2. The van der Waals surface area contributed by atoms with Crippen molar-refractivity contribution in [3.05, 3.63) is 0 Å². The number of halogens is 1. The minimum atomic E-state index is -0.395. The van der Waals surface area contributed by atoms with Crippen LogP contribution >= 0.6 is 12.4 Å². The number of rotatable bonds is 2. The third-order valence-electron chi connectivity index (χ3n) is 3.39. The van der Waals surface area contributed by atoms with Crippen molar-refractivity contribution < 1.29 is 4.79 Å². The van der Waals surface area contributed by atoms with E-state index in [0.717, 1.165) is 31.8 Å². The molecule has 1 amide bonds. The monoisotopic (exact) mass is 248 g/mol. The lowest BCUT2D eigenvalue weighted by molar-refractivity contribution is -0.139. The van der Waals surface area contributed by atoms with Gasteiger partial charge in [0.25, 0.3) is 0 Å². The fraction of sp³-hybridized carbons (Fsp3) is 0.917. The molecule has 2 N–H and O–H groups in total. The molecule has 0 radical (unpaired) electrons. The van der Waals surface area contributed by atoms with Crippen molar-refractivity contribution >= 4 is 18.3 Å². The molecule has 96 valence electrons. The molecular weight excluding hydrogens is 224 g/mol. The first-order valence-corrected chi connectivity index (χ1v) is 5.97. The first-order chi connectivity index (χ1) is 6.97. The summed E-state index contributed by atoms with van der Waals surface area (Å²) in [4.78, 5) is 14.2. The topological polar surface area (TPSA) is 46.3 Å². The summed E-state index contributed by atoms with van der Waals surface area (Å²) in [5.41, 5.74) is 5.24. The van der Waals surface area contributed by atoms with Crippen molar-refractivity contribution in [3.63, 3.8) is 0 Å². The summed E-state index contributed by atoms with van der Waals surface area (Å²) in [7, 11) is 0. The Labute approximate surface area is 105 Å². The normalized spacial score (nSPS) is 22.2. The molecule has 0 bridgehead atoms. The third kappa shape index (κ3) is 3.95. The number of amides is 1. The molecule has 1 rings (SSSR count). The van der Waals surface area contributed by atoms with E-state index in [1.807, 2.05) is 18.7 Å². The molecule has 0 spiro atoms. The molecule has 0 saturated carbocycles.